The lowest BCUT2D eigenvalue weighted by molar-refractivity contribution is -0.151. The van der Waals surface area contributed by atoms with Gasteiger partial charge in [0.05, 0.1) is 13.7 Å². The second-order valence-corrected chi connectivity index (χ2v) is 6.89. The average molecular weight is 403 g/mol. The van der Waals surface area contributed by atoms with Crippen molar-refractivity contribution in [1.82, 2.24) is 0 Å². The normalized spacial score (nSPS) is 19.1. The van der Waals surface area contributed by atoms with Crippen LogP contribution in [0.3, 0.4) is 0 Å². The molecule has 0 fully saturated rings. The van der Waals surface area contributed by atoms with Crippen molar-refractivity contribution >= 4 is 28.9 Å². The van der Waals surface area contributed by atoms with Gasteiger partial charge in [-0.05, 0) is 54.8 Å². The Labute approximate surface area is 167 Å². The van der Waals surface area contributed by atoms with Crippen molar-refractivity contribution in [2.45, 2.75) is 19.3 Å². The number of hydrogen-bond donors (Lipinski definition) is 0. The summed E-state index contributed by atoms with van der Waals surface area (Å²) < 4.78 is 25.0. The Kier molecular flexibility index (Phi) is 6.15. The number of hydrogen-bond acceptors (Lipinski definition) is 4. The van der Waals surface area contributed by atoms with Gasteiger partial charge >= 0.3 is 5.97 Å². The fraction of sp³-hybridized carbons (Fsp3) is 0.273. The molecule has 0 saturated carbocycles. The van der Waals surface area contributed by atoms with Gasteiger partial charge < -0.3 is 9.47 Å². The van der Waals surface area contributed by atoms with Gasteiger partial charge in [0.15, 0.2) is 5.78 Å². The van der Waals surface area contributed by atoms with Crippen LogP contribution in [0.4, 0.5) is 4.39 Å². The molecule has 0 bridgehead atoms. The Bertz CT molecular complexity index is 918. The van der Waals surface area contributed by atoms with Gasteiger partial charge in [0, 0.05) is 16.5 Å². The quantitative estimate of drug-likeness (QED) is 0.532. The Balaban J connectivity index is 2.10. The molecule has 1 aliphatic rings. The highest BCUT2D eigenvalue weighted by molar-refractivity contribution is 6.31. The molecule has 0 N–H and O–H groups in total. The summed E-state index contributed by atoms with van der Waals surface area (Å²) in [4.78, 5) is 25.4. The van der Waals surface area contributed by atoms with Crippen molar-refractivity contribution < 1.29 is 23.5 Å². The van der Waals surface area contributed by atoms with Crippen molar-refractivity contribution in [3.05, 3.63) is 70.5 Å². The van der Waals surface area contributed by atoms with E-state index in [-0.39, 0.29) is 23.6 Å². The number of esters is 1. The third kappa shape index (κ3) is 3.94. The first-order chi connectivity index (χ1) is 13.5. The molecule has 4 nitrogen and oxygen atoms in total. The number of allylic oxidation sites excluding steroid dienone is 2. The smallest absolute Gasteiger partial charge is 0.317 e. The lowest BCUT2D eigenvalue weighted by Crippen LogP contribution is -2.34. The molecular weight excluding hydrogens is 383 g/mol. The van der Waals surface area contributed by atoms with Gasteiger partial charge in [-0.3, -0.25) is 9.59 Å². The zero-order valence-electron chi connectivity index (χ0n) is 15.6. The van der Waals surface area contributed by atoms with E-state index in [0.29, 0.717) is 11.3 Å². The Morgan fingerprint density at radius 1 is 1.25 bits per heavy atom. The number of ether oxygens (including phenoxy) is 2. The monoisotopic (exact) mass is 402 g/mol. The maximum atomic E-state index is 14.6. The minimum absolute atomic E-state index is 0.132. The van der Waals surface area contributed by atoms with Crippen LogP contribution in [0.5, 0.6) is 5.75 Å². The molecule has 0 aromatic heterocycles. The summed E-state index contributed by atoms with van der Waals surface area (Å²) in [6.45, 7) is 1.79. The number of carbonyl (C=O) groups is 2. The predicted molar refractivity (Wildman–Crippen MR) is 105 cm³/mol. The third-order valence-electron chi connectivity index (χ3n) is 4.82. The molecule has 0 unspecified atom stereocenters. The van der Waals surface area contributed by atoms with Crippen LogP contribution in [0.2, 0.25) is 5.02 Å². The first-order valence-electron chi connectivity index (χ1n) is 8.95. The van der Waals surface area contributed by atoms with E-state index < -0.39 is 29.4 Å². The summed E-state index contributed by atoms with van der Waals surface area (Å²) in [6.07, 6.45) is 1.70. The van der Waals surface area contributed by atoms with E-state index in [0.717, 1.165) is 5.56 Å². The molecule has 6 heteroatoms. The van der Waals surface area contributed by atoms with Gasteiger partial charge in [0.1, 0.15) is 17.5 Å². The maximum Gasteiger partial charge on any atom is 0.317 e. The highest BCUT2D eigenvalue weighted by atomic mass is 35.5. The standard InChI is InChI=1S/C22H20ClFO4/c1-3-28-22(26)21-16(20-17(23)8-5-9-18(20)24)11-14(12-19(21)25)13-6-4-7-15(10-13)27-2/h4-10,12,16,21H,3,11H2,1-2H3/t16-,21+/m1/s1. The van der Waals surface area contributed by atoms with Gasteiger partial charge in [-0.25, -0.2) is 4.39 Å². The van der Waals surface area contributed by atoms with E-state index in [1.165, 1.54) is 18.2 Å². The van der Waals surface area contributed by atoms with Crippen LogP contribution in [0.25, 0.3) is 5.57 Å². The summed E-state index contributed by atoms with van der Waals surface area (Å²) in [5.74, 6) is -2.90. The molecule has 0 spiro atoms. The molecule has 2 atom stereocenters. The van der Waals surface area contributed by atoms with Crippen molar-refractivity contribution in [3.8, 4) is 5.75 Å². The molecule has 0 radical (unpaired) electrons. The van der Waals surface area contributed by atoms with E-state index in [1.54, 1.807) is 32.2 Å². The molecule has 28 heavy (non-hydrogen) atoms. The first-order valence-corrected chi connectivity index (χ1v) is 9.33. The van der Waals surface area contributed by atoms with Crippen molar-refractivity contribution in [1.29, 1.82) is 0 Å². The third-order valence-corrected chi connectivity index (χ3v) is 5.15. The van der Waals surface area contributed by atoms with Gasteiger partial charge in [0.25, 0.3) is 0 Å². The summed E-state index contributed by atoms with van der Waals surface area (Å²) in [6, 6.07) is 11.6. The maximum absolute atomic E-state index is 14.6. The van der Waals surface area contributed by atoms with E-state index in [2.05, 4.69) is 0 Å². The molecule has 0 aliphatic heterocycles. The number of carbonyl (C=O) groups excluding carboxylic acids is 2. The van der Waals surface area contributed by atoms with Crippen LogP contribution in [0.15, 0.2) is 48.5 Å². The van der Waals surface area contributed by atoms with Crippen molar-refractivity contribution in [2.24, 2.45) is 5.92 Å². The molecule has 2 aromatic rings. The second-order valence-electron chi connectivity index (χ2n) is 6.48. The summed E-state index contributed by atoms with van der Waals surface area (Å²) in [5.41, 5.74) is 1.62. The molecule has 146 valence electrons. The molecule has 3 rings (SSSR count). The second kappa shape index (κ2) is 8.57. The average Bonchev–Trinajstić information content (AvgIpc) is 2.67. The lowest BCUT2D eigenvalue weighted by Gasteiger charge is -2.30. The van der Waals surface area contributed by atoms with Crippen molar-refractivity contribution in [3.63, 3.8) is 0 Å². The van der Waals surface area contributed by atoms with Crippen LogP contribution in [0, 0.1) is 11.7 Å². The Morgan fingerprint density at radius 3 is 2.68 bits per heavy atom. The first kappa shape index (κ1) is 20.1. The fourth-order valence-corrected chi connectivity index (χ4v) is 3.85. The minimum atomic E-state index is -1.14. The number of rotatable bonds is 5. The minimum Gasteiger partial charge on any atom is -0.497 e. The Morgan fingerprint density at radius 2 is 2.00 bits per heavy atom. The molecule has 1 aliphatic carbocycles. The number of benzene rings is 2. The fourth-order valence-electron chi connectivity index (χ4n) is 3.54. The number of halogens is 2. The lowest BCUT2D eigenvalue weighted by atomic mass is 9.73. The largest absolute Gasteiger partial charge is 0.497 e. The summed E-state index contributed by atoms with van der Waals surface area (Å²) in [5, 5.41) is 0.180. The van der Waals surface area contributed by atoms with E-state index in [9.17, 15) is 14.0 Å². The summed E-state index contributed by atoms with van der Waals surface area (Å²) >= 11 is 6.26. The van der Waals surface area contributed by atoms with E-state index >= 15 is 0 Å². The molecule has 0 heterocycles. The molecule has 0 saturated heterocycles. The number of methoxy groups -OCH3 is 1. The van der Waals surface area contributed by atoms with Crippen LogP contribution < -0.4 is 4.74 Å². The molecule has 0 amide bonds. The van der Waals surface area contributed by atoms with Gasteiger partial charge in [-0.15, -0.1) is 0 Å². The van der Waals surface area contributed by atoms with Crippen LogP contribution in [-0.2, 0) is 14.3 Å². The molecule has 2 aromatic carbocycles. The zero-order valence-corrected chi connectivity index (χ0v) is 16.3. The number of ketones is 1. The van der Waals surface area contributed by atoms with Crippen molar-refractivity contribution in [2.75, 3.05) is 13.7 Å². The van der Waals surface area contributed by atoms with Crippen LogP contribution >= 0.6 is 11.6 Å². The van der Waals surface area contributed by atoms with Gasteiger partial charge in [0.2, 0.25) is 0 Å². The topological polar surface area (TPSA) is 52.6 Å². The van der Waals surface area contributed by atoms with Gasteiger partial charge in [-0.2, -0.15) is 0 Å². The summed E-state index contributed by atoms with van der Waals surface area (Å²) in [7, 11) is 1.55. The predicted octanol–water partition coefficient (Wildman–Crippen LogP) is 4.81. The molecular formula is C22H20ClFO4. The SMILES string of the molecule is CCOC(=O)[C@@H]1C(=O)C=C(c2cccc(OC)c2)C[C@@H]1c1c(F)cccc1Cl. The highest BCUT2D eigenvalue weighted by Crippen LogP contribution is 2.43. The Hall–Kier alpha value is -2.66. The van der Waals surface area contributed by atoms with E-state index in [1.807, 2.05) is 12.1 Å². The highest BCUT2D eigenvalue weighted by Gasteiger charge is 2.41. The zero-order chi connectivity index (χ0) is 20.3. The van der Waals surface area contributed by atoms with Crippen LogP contribution in [-0.4, -0.2) is 25.5 Å². The van der Waals surface area contributed by atoms with E-state index in [4.69, 9.17) is 21.1 Å². The van der Waals surface area contributed by atoms with Crippen LogP contribution in [0.1, 0.15) is 30.4 Å². The van der Waals surface area contributed by atoms with Gasteiger partial charge in [-0.1, -0.05) is 29.8 Å².